The molecular formula is C12H17FN2O2S. The van der Waals surface area contributed by atoms with Crippen LogP contribution in [0, 0.1) is 11.7 Å². The summed E-state index contributed by atoms with van der Waals surface area (Å²) in [6.45, 7) is 0.313. The predicted octanol–water partition coefficient (Wildman–Crippen LogP) is 0.982. The Kier molecular flexibility index (Phi) is 3.99. The van der Waals surface area contributed by atoms with Gasteiger partial charge in [0.2, 0.25) is 10.0 Å². The Labute approximate surface area is 106 Å². The fourth-order valence-electron chi connectivity index (χ4n) is 1.91. The highest BCUT2D eigenvalue weighted by Gasteiger charge is 2.32. The highest BCUT2D eigenvalue weighted by molar-refractivity contribution is 7.88. The molecule has 1 aliphatic rings. The Morgan fingerprint density at radius 3 is 2.44 bits per heavy atom. The number of nitrogens with one attached hydrogen (secondary N) is 1. The van der Waals surface area contributed by atoms with E-state index in [0.717, 1.165) is 12.8 Å². The molecule has 0 aromatic heterocycles. The zero-order valence-electron chi connectivity index (χ0n) is 9.97. The largest absolute Gasteiger partial charge is 0.329 e. The van der Waals surface area contributed by atoms with Crippen LogP contribution in [0.3, 0.4) is 0 Å². The molecule has 1 saturated carbocycles. The van der Waals surface area contributed by atoms with Crippen LogP contribution in [-0.2, 0) is 15.8 Å². The van der Waals surface area contributed by atoms with E-state index in [1.807, 2.05) is 0 Å². The number of nitrogens with two attached hydrogens (primary N) is 1. The average molecular weight is 272 g/mol. The molecule has 18 heavy (non-hydrogen) atoms. The zero-order chi connectivity index (χ0) is 13.2. The van der Waals surface area contributed by atoms with Gasteiger partial charge in [-0.15, -0.1) is 0 Å². The van der Waals surface area contributed by atoms with Crippen LogP contribution >= 0.6 is 0 Å². The summed E-state index contributed by atoms with van der Waals surface area (Å²) in [6.07, 6.45) is 2.06. The summed E-state index contributed by atoms with van der Waals surface area (Å²) in [4.78, 5) is 0. The zero-order valence-corrected chi connectivity index (χ0v) is 10.8. The molecule has 0 saturated heterocycles. The van der Waals surface area contributed by atoms with Gasteiger partial charge in [-0.05, 0) is 36.5 Å². The van der Waals surface area contributed by atoms with Gasteiger partial charge in [-0.1, -0.05) is 12.1 Å². The number of rotatable bonds is 6. The van der Waals surface area contributed by atoms with E-state index >= 15 is 0 Å². The maximum Gasteiger partial charge on any atom is 0.216 e. The molecule has 3 N–H and O–H groups in total. The summed E-state index contributed by atoms with van der Waals surface area (Å²) >= 11 is 0. The van der Waals surface area contributed by atoms with Crippen molar-refractivity contribution in [3.8, 4) is 0 Å². The summed E-state index contributed by atoms with van der Waals surface area (Å²) < 4.78 is 39.2. The van der Waals surface area contributed by atoms with E-state index in [1.54, 1.807) is 0 Å². The summed E-state index contributed by atoms with van der Waals surface area (Å²) in [7, 11) is -3.42. The summed E-state index contributed by atoms with van der Waals surface area (Å²) in [6, 6.07) is 5.29. The van der Waals surface area contributed by atoms with Crippen molar-refractivity contribution < 1.29 is 12.8 Å². The summed E-state index contributed by atoms with van der Waals surface area (Å²) in [5, 5.41) is 0. The first kappa shape index (κ1) is 13.5. The van der Waals surface area contributed by atoms with Gasteiger partial charge in [-0.2, -0.15) is 0 Å². The van der Waals surface area contributed by atoms with E-state index in [-0.39, 0.29) is 17.6 Å². The Bertz CT molecular complexity index is 497. The molecule has 1 fully saturated rings. The molecule has 100 valence electrons. The highest BCUT2D eigenvalue weighted by atomic mass is 32.2. The predicted molar refractivity (Wildman–Crippen MR) is 67.7 cm³/mol. The Hall–Kier alpha value is -0.980. The number of benzene rings is 1. The van der Waals surface area contributed by atoms with Gasteiger partial charge in [0.15, 0.2) is 0 Å². The molecular weight excluding hydrogens is 255 g/mol. The van der Waals surface area contributed by atoms with Crippen molar-refractivity contribution in [3.63, 3.8) is 0 Å². The fraction of sp³-hybridized carbons (Fsp3) is 0.500. The molecule has 1 aliphatic carbocycles. The lowest BCUT2D eigenvalue weighted by Gasteiger charge is -2.16. The Morgan fingerprint density at radius 2 is 1.94 bits per heavy atom. The van der Waals surface area contributed by atoms with Crippen molar-refractivity contribution in [1.29, 1.82) is 0 Å². The van der Waals surface area contributed by atoms with Crippen LogP contribution in [-0.4, -0.2) is 21.0 Å². The summed E-state index contributed by atoms with van der Waals surface area (Å²) in [5.74, 6) is -0.142. The van der Waals surface area contributed by atoms with Crippen LogP contribution in [0.1, 0.15) is 18.4 Å². The van der Waals surface area contributed by atoms with E-state index in [0.29, 0.717) is 18.0 Å². The number of sulfonamides is 1. The second-order valence-electron chi connectivity index (χ2n) is 4.68. The van der Waals surface area contributed by atoms with E-state index < -0.39 is 10.0 Å². The van der Waals surface area contributed by atoms with Gasteiger partial charge < -0.3 is 5.73 Å². The molecule has 1 aromatic carbocycles. The quantitative estimate of drug-likeness (QED) is 0.811. The number of halogens is 1. The van der Waals surface area contributed by atoms with Crippen LogP contribution in [0.25, 0.3) is 0 Å². The lowest BCUT2D eigenvalue weighted by atomic mass is 10.2. The van der Waals surface area contributed by atoms with Crippen LogP contribution in [0.2, 0.25) is 0 Å². The van der Waals surface area contributed by atoms with Gasteiger partial charge in [0, 0.05) is 12.6 Å². The van der Waals surface area contributed by atoms with Crippen molar-refractivity contribution in [2.24, 2.45) is 11.7 Å². The van der Waals surface area contributed by atoms with E-state index in [9.17, 15) is 12.8 Å². The molecule has 0 spiro atoms. The minimum atomic E-state index is -3.42. The van der Waals surface area contributed by atoms with Gasteiger partial charge in [0.05, 0.1) is 5.75 Å². The SMILES string of the molecule is NCC(NS(=O)(=O)Cc1ccc(F)cc1)C1CC1. The first-order chi connectivity index (χ1) is 8.50. The van der Waals surface area contributed by atoms with Crippen molar-refractivity contribution in [1.82, 2.24) is 4.72 Å². The van der Waals surface area contributed by atoms with Gasteiger partial charge in [-0.25, -0.2) is 17.5 Å². The van der Waals surface area contributed by atoms with Gasteiger partial charge in [0.25, 0.3) is 0 Å². The van der Waals surface area contributed by atoms with E-state index in [2.05, 4.69) is 4.72 Å². The van der Waals surface area contributed by atoms with Gasteiger partial charge in [-0.3, -0.25) is 0 Å². The van der Waals surface area contributed by atoms with Crippen molar-refractivity contribution in [2.45, 2.75) is 24.6 Å². The topological polar surface area (TPSA) is 72.2 Å². The van der Waals surface area contributed by atoms with Gasteiger partial charge in [0.1, 0.15) is 5.82 Å². The first-order valence-corrected chi connectivity index (χ1v) is 7.60. The normalized spacial score (nSPS) is 17.7. The number of hydrogen-bond acceptors (Lipinski definition) is 3. The monoisotopic (exact) mass is 272 g/mol. The highest BCUT2D eigenvalue weighted by Crippen LogP contribution is 2.32. The lowest BCUT2D eigenvalue weighted by Crippen LogP contribution is -2.42. The Morgan fingerprint density at radius 1 is 1.33 bits per heavy atom. The fourth-order valence-corrected chi connectivity index (χ4v) is 3.37. The molecule has 1 aromatic rings. The maximum atomic E-state index is 12.7. The smallest absolute Gasteiger partial charge is 0.216 e. The third-order valence-electron chi connectivity index (χ3n) is 3.05. The van der Waals surface area contributed by atoms with E-state index in [4.69, 9.17) is 5.73 Å². The average Bonchev–Trinajstić information content (AvgIpc) is 3.13. The lowest BCUT2D eigenvalue weighted by molar-refractivity contribution is 0.518. The second kappa shape index (κ2) is 5.34. The standard InChI is InChI=1S/C12H17FN2O2S/c13-11-5-1-9(2-6-11)8-18(16,17)15-12(7-14)10-3-4-10/h1-2,5-6,10,12,15H,3-4,7-8,14H2. The summed E-state index contributed by atoms with van der Waals surface area (Å²) in [5.41, 5.74) is 6.12. The van der Waals surface area contributed by atoms with Crippen molar-refractivity contribution in [2.75, 3.05) is 6.54 Å². The minimum Gasteiger partial charge on any atom is -0.329 e. The van der Waals surface area contributed by atoms with Crippen LogP contribution in [0.5, 0.6) is 0 Å². The van der Waals surface area contributed by atoms with Crippen LogP contribution in [0.4, 0.5) is 4.39 Å². The molecule has 0 radical (unpaired) electrons. The molecule has 0 amide bonds. The van der Waals surface area contributed by atoms with Gasteiger partial charge >= 0.3 is 0 Å². The molecule has 4 nitrogen and oxygen atoms in total. The van der Waals surface area contributed by atoms with E-state index in [1.165, 1.54) is 24.3 Å². The number of hydrogen-bond donors (Lipinski definition) is 2. The molecule has 2 rings (SSSR count). The van der Waals surface area contributed by atoms with Crippen molar-refractivity contribution in [3.05, 3.63) is 35.6 Å². The molecule has 1 unspecified atom stereocenters. The first-order valence-electron chi connectivity index (χ1n) is 5.95. The third-order valence-corrected chi connectivity index (χ3v) is 4.42. The molecule has 0 bridgehead atoms. The van der Waals surface area contributed by atoms with Crippen molar-refractivity contribution >= 4 is 10.0 Å². The molecule has 6 heteroatoms. The second-order valence-corrected chi connectivity index (χ2v) is 6.44. The third kappa shape index (κ3) is 3.76. The van der Waals surface area contributed by atoms with Crippen LogP contribution < -0.4 is 10.5 Å². The maximum absolute atomic E-state index is 12.7. The molecule has 0 aliphatic heterocycles. The minimum absolute atomic E-state index is 0.142. The Balaban J connectivity index is 2.00. The van der Waals surface area contributed by atoms with Crippen LogP contribution in [0.15, 0.2) is 24.3 Å². The molecule has 1 atom stereocenters. The molecule has 0 heterocycles.